The molecule has 3 nitrogen and oxygen atoms in total. The normalized spacial score (nSPS) is 13.6. The van der Waals surface area contributed by atoms with Crippen LogP contribution in [0, 0.1) is 11.6 Å². The third kappa shape index (κ3) is 4.27. The van der Waals surface area contributed by atoms with Crippen LogP contribution < -0.4 is 0 Å². The first-order valence-corrected chi connectivity index (χ1v) is 6.56. The summed E-state index contributed by atoms with van der Waals surface area (Å²) in [5.41, 5.74) is -0.113. The van der Waals surface area contributed by atoms with Gasteiger partial charge in [0.1, 0.15) is 11.6 Å². The zero-order valence-corrected chi connectivity index (χ0v) is 12.3. The predicted octanol–water partition coefficient (Wildman–Crippen LogP) is 3.60. The molecule has 0 aromatic heterocycles. The van der Waals surface area contributed by atoms with Crippen molar-refractivity contribution in [3.8, 4) is 0 Å². The van der Waals surface area contributed by atoms with Crippen LogP contribution in [0.5, 0.6) is 0 Å². The van der Waals surface area contributed by atoms with Gasteiger partial charge in [-0.1, -0.05) is 0 Å². The number of nitrogens with zero attached hydrogens (tertiary/aromatic N) is 1. The Morgan fingerprint density at radius 2 is 1.95 bits per heavy atom. The minimum Gasteiger partial charge on any atom is -0.481 e. The van der Waals surface area contributed by atoms with Gasteiger partial charge in [-0.25, -0.2) is 8.78 Å². The van der Waals surface area contributed by atoms with Gasteiger partial charge in [0.25, 0.3) is 0 Å². The minimum atomic E-state index is -0.911. The van der Waals surface area contributed by atoms with Crippen molar-refractivity contribution in [2.24, 2.45) is 0 Å². The van der Waals surface area contributed by atoms with Gasteiger partial charge < -0.3 is 5.11 Å². The molecule has 0 saturated carbocycles. The number of hydrogen-bond donors (Lipinski definition) is 1. The average molecular weight is 285 g/mol. The number of carboxylic acids is 1. The summed E-state index contributed by atoms with van der Waals surface area (Å²) in [5.74, 6) is -1.89. The maximum Gasteiger partial charge on any atom is 0.304 e. The minimum absolute atomic E-state index is 0.0431. The number of rotatable bonds is 5. The van der Waals surface area contributed by atoms with Crippen LogP contribution in [0.1, 0.15) is 45.7 Å². The molecule has 0 spiro atoms. The second-order valence-corrected chi connectivity index (χ2v) is 5.85. The van der Waals surface area contributed by atoms with Gasteiger partial charge in [0, 0.05) is 23.7 Å². The topological polar surface area (TPSA) is 40.5 Å². The molecule has 0 saturated heterocycles. The van der Waals surface area contributed by atoms with Crippen LogP contribution in [0.2, 0.25) is 0 Å². The first kappa shape index (κ1) is 16.6. The van der Waals surface area contributed by atoms with Gasteiger partial charge in [-0.05, 0) is 45.9 Å². The molecule has 0 amide bonds. The fourth-order valence-corrected chi connectivity index (χ4v) is 2.33. The smallest absolute Gasteiger partial charge is 0.304 e. The molecule has 0 fully saturated rings. The summed E-state index contributed by atoms with van der Waals surface area (Å²) < 4.78 is 27.2. The molecule has 1 atom stereocenters. The van der Waals surface area contributed by atoms with E-state index in [1.807, 2.05) is 25.7 Å². The molecule has 0 bridgehead atoms. The summed E-state index contributed by atoms with van der Waals surface area (Å²) in [6.45, 7) is 7.79. The van der Waals surface area contributed by atoms with E-state index < -0.39 is 23.6 Å². The quantitative estimate of drug-likeness (QED) is 0.898. The van der Waals surface area contributed by atoms with Crippen molar-refractivity contribution in [1.82, 2.24) is 4.90 Å². The maximum atomic E-state index is 13.9. The van der Waals surface area contributed by atoms with Crippen molar-refractivity contribution >= 4 is 5.97 Å². The highest BCUT2D eigenvalue weighted by Gasteiger charge is 2.29. The summed E-state index contributed by atoms with van der Waals surface area (Å²) in [6.07, 6.45) is -0.0431. The molecule has 1 aromatic rings. The summed E-state index contributed by atoms with van der Waals surface area (Å²) in [4.78, 5) is 12.6. The number of carbonyl (C=O) groups is 1. The lowest BCUT2D eigenvalue weighted by Crippen LogP contribution is -2.44. The van der Waals surface area contributed by atoms with Crippen molar-refractivity contribution in [3.63, 3.8) is 0 Å². The fourth-order valence-electron chi connectivity index (χ4n) is 2.33. The van der Waals surface area contributed by atoms with E-state index in [9.17, 15) is 13.6 Å². The van der Waals surface area contributed by atoms with Crippen molar-refractivity contribution in [3.05, 3.63) is 35.4 Å². The van der Waals surface area contributed by atoms with E-state index in [1.54, 1.807) is 6.92 Å². The molecule has 5 heteroatoms. The number of aliphatic carboxylic acids is 1. The Labute approximate surface area is 118 Å². The van der Waals surface area contributed by atoms with Gasteiger partial charge in [0.2, 0.25) is 0 Å². The molecule has 0 heterocycles. The van der Waals surface area contributed by atoms with E-state index >= 15 is 0 Å². The fraction of sp³-hybridized carbons (Fsp3) is 0.533. The highest BCUT2D eigenvalue weighted by molar-refractivity contribution is 5.66. The molecule has 0 radical (unpaired) electrons. The van der Waals surface area contributed by atoms with E-state index in [4.69, 9.17) is 5.11 Å². The Morgan fingerprint density at radius 1 is 1.35 bits per heavy atom. The lowest BCUT2D eigenvalue weighted by molar-refractivity contribution is -0.137. The SMILES string of the molecule is CC(c1cc(F)ccc1F)N(CCC(=O)O)C(C)(C)C. The van der Waals surface area contributed by atoms with Gasteiger partial charge in [-0.2, -0.15) is 0 Å². The average Bonchev–Trinajstić information content (AvgIpc) is 2.30. The monoisotopic (exact) mass is 285 g/mol. The van der Waals surface area contributed by atoms with Crippen LogP contribution in [-0.2, 0) is 4.79 Å². The second-order valence-electron chi connectivity index (χ2n) is 5.85. The van der Waals surface area contributed by atoms with Crippen molar-refractivity contribution in [1.29, 1.82) is 0 Å². The Kier molecular flexibility index (Phi) is 5.22. The molecular weight excluding hydrogens is 264 g/mol. The lowest BCUT2D eigenvalue weighted by atomic mass is 9.98. The Morgan fingerprint density at radius 3 is 2.45 bits per heavy atom. The van der Waals surface area contributed by atoms with Crippen LogP contribution in [0.4, 0.5) is 8.78 Å². The number of halogens is 2. The second kappa shape index (κ2) is 6.31. The number of carboxylic acid groups (broad SMARTS) is 1. The zero-order valence-electron chi connectivity index (χ0n) is 12.3. The van der Waals surface area contributed by atoms with Crippen LogP contribution in [0.3, 0.4) is 0 Å². The van der Waals surface area contributed by atoms with Gasteiger partial charge in [-0.3, -0.25) is 9.69 Å². The van der Waals surface area contributed by atoms with Gasteiger partial charge >= 0.3 is 5.97 Å². The van der Waals surface area contributed by atoms with Gasteiger partial charge in [0.05, 0.1) is 6.42 Å². The molecule has 20 heavy (non-hydrogen) atoms. The Balaban J connectivity index is 3.06. The van der Waals surface area contributed by atoms with E-state index in [-0.39, 0.29) is 24.1 Å². The van der Waals surface area contributed by atoms with Crippen molar-refractivity contribution in [2.75, 3.05) is 6.54 Å². The molecule has 0 aliphatic carbocycles. The van der Waals surface area contributed by atoms with Gasteiger partial charge in [-0.15, -0.1) is 0 Å². The van der Waals surface area contributed by atoms with Crippen molar-refractivity contribution in [2.45, 2.75) is 45.7 Å². The summed E-state index contributed by atoms with van der Waals surface area (Å²) in [6, 6.07) is 2.92. The van der Waals surface area contributed by atoms with Crippen LogP contribution in [-0.4, -0.2) is 28.1 Å². The maximum absolute atomic E-state index is 13.9. The largest absolute Gasteiger partial charge is 0.481 e. The molecule has 1 unspecified atom stereocenters. The lowest BCUT2D eigenvalue weighted by Gasteiger charge is -2.40. The summed E-state index contributed by atoms with van der Waals surface area (Å²) >= 11 is 0. The molecule has 0 aliphatic heterocycles. The Hall–Kier alpha value is -1.49. The van der Waals surface area contributed by atoms with E-state index in [1.165, 1.54) is 6.07 Å². The third-order valence-corrected chi connectivity index (χ3v) is 3.30. The van der Waals surface area contributed by atoms with Crippen LogP contribution in [0.25, 0.3) is 0 Å². The molecule has 1 N–H and O–H groups in total. The molecule has 112 valence electrons. The molecule has 1 aromatic carbocycles. The van der Waals surface area contributed by atoms with Gasteiger partial charge in [0.15, 0.2) is 0 Å². The van der Waals surface area contributed by atoms with Crippen LogP contribution >= 0.6 is 0 Å². The van der Waals surface area contributed by atoms with Crippen molar-refractivity contribution < 1.29 is 18.7 Å². The Bertz CT molecular complexity index is 483. The van der Waals surface area contributed by atoms with Crippen LogP contribution in [0.15, 0.2) is 18.2 Å². The highest BCUT2D eigenvalue weighted by Crippen LogP contribution is 2.30. The summed E-state index contributed by atoms with van der Waals surface area (Å²) in [5, 5.41) is 8.82. The predicted molar refractivity (Wildman–Crippen MR) is 73.5 cm³/mol. The third-order valence-electron chi connectivity index (χ3n) is 3.30. The highest BCUT2D eigenvalue weighted by atomic mass is 19.1. The number of hydrogen-bond acceptors (Lipinski definition) is 2. The first-order chi connectivity index (χ1) is 9.12. The van der Waals surface area contributed by atoms with E-state index in [0.29, 0.717) is 0 Å². The molecular formula is C15H21F2NO2. The summed E-state index contributed by atoms with van der Waals surface area (Å²) in [7, 11) is 0. The first-order valence-electron chi connectivity index (χ1n) is 6.56. The van der Waals surface area contributed by atoms with E-state index in [2.05, 4.69) is 0 Å². The zero-order chi connectivity index (χ0) is 15.5. The molecule has 0 aliphatic rings. The number of benzene rings is 1. The molecule has 1 rings (SSSR count). The van der Waals surface area contributed by atoms with E-state index in [0.717, 1.165) is 12.1 Å². The standard InChI is InChI=1S/C15H21F2NO2/c1-10(12-9-11(16)5-6-13(12)17)18(15(2,3)4)8-7-14(19)20/h5-6,9-10H,7-8H2,1-4H3,(H,19,20).